The Balaban J connectivity index is 5.31. The molecule has 0 aromatic carbocycles. The monoisotopic (exact) mass is 193 g/mol. The van der Waals surface area contributed by atoms with Gasteiger partial charge in [-0.25, -0.2) is 0 Å². The summed E-state index contributed by atoms with van der Waals surface area (Å²) in [5, 5.41) is 0. The first kappa shape index (κ1) is 13.0. The lowest BCUT2D eigenvalue weighted by atomic mass is 9.97. The van der Waals surface area contributed by atoms with Gasteiger partial charge in [0.1, 0.15) is 0 Å². The predicted molar refractivity (Wildman–Crippen MR) is 65.2 cm³/mol. The van der Waals surface area contributed by atoms with Gasteiger partial charge in [0.15, 0.2) is 0 Å². The third-order valence-corrected chi connectivity index (χ3v) is 2.38. The fraction of sp³-hybridized carbons (Fsp3) is 0.538. The van der Waals surface area contributed by atoms with Crippen LogP contribution in [0.15, 0.2) is 36.1 Å². The van der Waals surface area contributed by atoms with Gasteiger partial charge in [0.2, 0.25) is 0 Å². The summed E-state index contributed by atoms with van der Waals surface area (Å²) < 4.78 is 0. The molecule has 0 rings (SSSR count). The van der Waals surface area contributed by atoms with Crippen molar-refractivity contribution in [3.05, 3.63) is 36.1 Å². The Kier molecular flexibility index (Phi) is 5.29. The molecule has 1 heteroatoms. The molecule has 80 valence electrons. The summed E-state index contributed by atoms with van der Waals surface area (Å²) in [7, 11) is 2.09. The van der Waals surface area contributed by atoms with Crippen LogP contribution in [0.2, 0.25) is 0 Å². The van der Waals surface area contributed by atoms with Gasteiger partial charge in [0, 0.05) is 19.3 Å². The van der Waals surface area contributed by atoms with E-state index in [0.717, 1.165) is 12.1 Å². The van der Waals surface area contributed by atoms with Gasteiger partial charge in [0.05, 0.1) is 0 Å². The zero-order valence-electron chi connectivity index (χ0n) is 10.2. The fourth-order valence-corrected chi connectivity index (χ4v) is 1.56. The Bertz CT molecular complexity index is 246. The SMILES string of the molecule is C=C/C(=C(\C(=C)C)N(C)CC)C(C)C. The van der Waals surface area contributed by atoms with Gasteiger partial charge < -0.3 is 4.90 Å². The fourth-order valence-electron chi connectivity index (χ4n) is 1.56. The van der Waals surface area contributed by atoms with E-state index in [-0.39, 0.29) is 0 Å². The van der Waals surface area contributed by atoms with Crippen LogP contribution in [-0.4, -0.2) is 18.5 Å². The van der Waals surface area contributed by atoms with Gasteiger partial charge in [-0.05, 0) is 30.9 Å². The molecular formula is C13H23N. The van der Waals surface area contributed by atoms with Crippen molar-refractivity contribution in [1.82, 2.24) is 4.90 Å². The number of nitrogens with zero attached hydrogens (tertiary/aromatic N) is 1. The van der Waals surface area contributed by atoms with E-state index in [2.05, 4.69) is 45.9 Å². The second kappa shape index (κ2) is 5.69. The summed E-state index contributed by atoms with van der Waals surface area (Å²) in [6.45, 7) is 17.5. The Morgan fingerprint density at radius 2 is 1.93 bits per heavy atom. The second-order valence-electron chi connectivity index (χ2n) is 3.96. The average molecular weight is 193 g/mol. The molecule has 0 unspecified atom stereocenters. The van der Waals surface area contributed by atoms with Crippen molar-refractivity contribution in [2.45, 2.75) is 27.7 Å². The van der Waals surface area contributed by atoms with Crippen LogP contribution in [-0.2, 0) is 0 Å². The van der Waals surface area contributed by atoms with Crippen molar-refractivity contribution in [2.24, 2.45) is 5.92 Å². The van der Waals surface area contributed by atoms with E-state index in [4.69, 9.17) is 0 Å². The number of hydrogen-bond donors (Lipinski definition) is 0. The van der Waals surface area contributed by atoms with Crippen LogP contribution in [0.4, 0.5) is 0 Å². The van der Waals surface area contributed by atoms with Crippen molar-refractivity contribution in [3.8, 4) is 0 Å². The smallest absolute Gasteiger partial charge is 0.0422 e. The quantitative estimate of drug-likeness (QED) is 0.603. The number of rotatable bonds is 5. The zero-order chi connectivity index (χ0) is 11.3. The summed E-state index contributed by atoms with van der Waals surface area (Å²) in [6.07, 6.45) is 1.95. The van der Waals surface area contributed by atoms with E-state index in [1.54, 1.807) is 0 Å². The minimum absolute atomic E-state index is 0.494. The van der Waals surface area contributed by atoms with E-state index < -0.39 is 0 Å². The number of allylic oxidation sites excluding steroid dienone is 3. The van der Waals surface area contributed by atoms with Crippen molar-refractivity contribution >= 4 is 0 Å². The van der Waals surface area contributed by atoms with Gasteiger partial charge in [0.25, 0.3) is 0 Å². The highest BCUT2D eigenvalue weighted by atomic mass is 15.1. The molecule has 0 saturated heterocycles. The summed E-state index contributed by atoms with van der Waals surface area (Å²) in [4.78, 5) is 2.22. The third kappa shape index (κ3) is 3.06. The Morgan fingerprint density at radius 3 is 2.14 bits per heavy atom. The summed E-state index contributed by atoms with van der Waals surface area (Å²) in [5.74, 6) is 0.494. The maximum absolute atomic E-state index is 4.03. The van der Waals surface area contributed by atoms with E-state index >= 15 is 0 Å². The molecule has 0 aliphatic heterocycles. The van der Waals surface area contributed by atoms with Gasteiger partial charge in [-0.1, -0.05) is 33.1 Å². The predicted octanol–water partition coefficient (Wildman–Crippen LogP) is 3.61. The lowest BCUT2D eigenvalue weighted by molar-refractivity contribution is 0.440. The molecule has 0 N–H and O–H groups in total. The molecule has 0 heterocycles. The number of likely N-dealkylation sites (N-methyl/N-ethyl adjacent to an activating group) is 1. The van der Waals surface area contributed by atoms with E-state index in [0.29, 0.717) is 5.92 Å². The first-order chi connectivity index (χ1) is 6.45. The van der Waals surface area contributed by atoms with Crippen molar-refractivity contribution in [2.75, 3.05) is 13.6 Å². The van der Waals surface area contributed by atoms with Gasteiger partial charge >= 0.3 is 0 Å². The first-order valence-electron chi connectivity index (χ1n) is 5.19. The Morgan fingerprint density at radius 1 is 1.43 bits per heavy atom. The zero-order valence-corrected chi connectivity index (χ0v) is 10.2. The lowest BCUT2D eigenvalue weighted by Gasteiger charge is -2.25. The lowest BCUT2D eigenvalue weighted by Crippen LogP contribution is -2.20. The Labute approximate surface area is 88.8 Å². The van der Waals surface area contributed by atoms with Crippen LogP contribution in [0.5, 0.6) is 0 Å². The molecule has 0 aromatic heterocycles. The number of hydrogen-bond acceptors (Lipinski definition) is 1. The molecule has 0 aliphatic rings. The average Bonchev–Trinajstić information content (AvgIpc) is 2.11. The van der Waals surface area contributed by atoms with Crippen molar-refractivity contribution in [1.29, 1.82) is 0 Å². The van der Waals surface area contributed by atoms with E-state index in [1.807, 2.05) is 13.0 Å². The highest BCUT2D eigenvalue weighted by Crippen LogP contribution is 2.23. The van der Waals surface area contributed by atoms with Gasteiger partial charge in [-0.15, -0.1) is 0 Å². The topological polar surface area (TPSA) is 3.24 Å². The molecule has 0 saturated carbocycles. The molecule has 0 aromatic rings. The van der Waals surface area contributed by atoms with Gasteiger partial charge in [-0.2, -0.15) is 0 Å². The standard InChI is InChI=1S/C13H23N/c1-8-12(10(3)4)13(11(5)6)14(7)9-2/h8,10H,1,5,9H2,2-4,6-7H3/b13-12-. The van der Waals surface area contributed by atoms with Crippen LogP contribution < -0.4 is 0 Å². The molecule has 0 spiro atoms. The maximum atomic E-state index is 4.03. The van der Waals surface area contributed by atoms with Crippen LogP contribution in [0.25, 0.3) is 0 Å². The molecule has 0 amide bonds. The van der Waals surface area contributed by atoms with E-state index in [1.165, 1.54) is 11.3 Å². The molecule has 0 atom stereocenters. The third-order valence-electron chi connectivity index (χ3n) is 2.38. The first-order valence-corrected chi connectivity index (χ1v) is 5.19. The van der Waals surface area contributed by atoms with Crippen molar-refractivity contribution in [3.63, 3.8) is 0 Å². The molecule has 0 radical (unpaired) electrons. The molecule has 0 aliphatic carbocycles. The Hall–Kier alpha value is -0.980. The van der Waals surface area contributed by atoms with Crippen LogP contribution >= 0.6 is 0 Å². The van der Waals surface area contributed by atoms with Crippen LogP contribution in [0.3, 0.4) is 0 Å². The highest BCUT2D eigenvalue weighted by Gasteiger charge is 2.11. The molecular weight excluding hydrogens is 170 g/mol. The molecule has 0 bridgehead atoms. The molecule has 1 nitrogen and oxygen atoms in total. The van der Waals surface area contributed by atoms with E-state index in [9.17, 15) is 0 Å². The molecule has 0 fully saturated rings. The van der Waals surface area contributed by atoms with Crippen molar-refractivity contribution < 1.29 is 0 Å². The molecule has 14 heavy (non-hydrogen) atoms. The summed E-state index contributed by atoms with van der Waals surface area (Å²) >= 11 is 0. The van der Waals surface area contributed by atoms with Crippen LogP contribution in [0, 0.1) is 5.92 Å². The normalized spacial score (nSPS) is 12.4. The van der Waals surface area contributed by atoms with Crippen LogP contribution in [0.1, 0.15) is 27.7 Å². The summed E-state index contributed by atoms with van der Waals surface area (Å²) in [5.41, 5.74) is 3.62. The minimum atomic E-state index is 0.494. The minimum Gasteiger partial charge on any atom is -0.374 e. The summed E-state index contributed by atoms with van der Waals surface area (Å²) in [6, 6.07) is 0. The largest absolute Gasteiger partial charge is 0.374 e. The maximum Gasteiger partial charge on any atom is 0.0422 e. The van der Waals surface area contributed by atoms with Gasteiger partial charge in [-0.3, -0.25) is 0 Å². The highest BCUT2D eigenvalue weighted by molar-refractivity contribution is 5.36. The second-order valence-corrected chi connectivity index (χ2v) is 3.96.